The Morgan fingerprint density at radius 3 is 2.50 bits per heavy atom. The van der Waals surface area contributed by atoms with Crippen LogP contribution in [-0.4, -0.2) is 71.5 Å². The molecule has 1 saturated heterocycles. The summed E-state index contributed by atoms with van der Waals surface area (Å²) in [5.41, 5.74) is 0.0131. The van der Waals surface area contributed by atoms with Crippen LogP contribution in [0.5, 0.6) is 0 Å². The normalized spacial score (nSPS) is 26.1. The number of carboxylic acids is 1. The van der Waals surface area contributed by atoms with Crippen molar-refractivity contribution < 1.29 is 41.5 Å². The largest absolute Gasteiger partial charge is 0.490 e. The van der Waals surface area contributed by atoms with E-state index in [2.05, 4.69) is 15.4 Å². The highest BCUT2D eigenvalue weighted by Gasteiger charge is 2.48. The number of nitrogens with one attached hydrogen (secondary N) is 1. The summed E-state index contributed by atoms with van der Waals surface area (Å²) in [5, 5.41) is 13.9. The molecule has 1 amide bonds. The molecule has 172 valence electrons. The molecule has 0 aromatic heterocycles. The molecule has 1 spiro atoms. The van der Waals surface area contributed by atoms with Crippen molar-refractivity contribution in [1.29, 1.82) is 0 Å². The van der Waals surface area contributed by atoms with E-state index in [9.17, 15) is 26.7 Å². The highest BCUT2D eigenvalue weighted by atomic mass is 19.4. The SMILES string of the molecule is CCCNC(=O)C1=NOC2(CCCN(CC3CC(F)(F)C3)C2)C1.O=C(O)C(F)(F)F. The maximum atomic E-state index is 13.0. The lowest BCUT2D eigenvalue weighted by Crippen LogP contribution is -2.52. The predicted octanol–water partition coefficient (Wildman–Crippen LogP) is 2.80. The van der Waals surface area contributed by atoms with Crippen molar-refractivity contribution >= 4 is 17.6 Å². The van der Waals surface area contributed by atoms with Crippen molar-refractivity contribution in [1.82, 2.24) is 10.2 Å². The Morgan fingerprint density at radius 1 is 1.33 bits per heavy atom. The van der Waals surface area contributed by atoms with E-state index in [0.717, 1.165) is 25.8 Å². The van der Waals surface area contributed by atoms with Crippen LogP contribution in [0.2, 0.25) is 0 Å². The molecule has 0 aromatic carbocycles. The predicted molar refractivity (Wildman–Crippen MR) is 96.2 cm³/mol. The molecular weight excluding hydrogens is 417 g/mol. The van der Waals surface area contributed by atoms with Gasteiger partial charge in [-0.05, 0) is 31.7 Å². The van der Waals surface area contributed by atoms with Gasteiger partial charge in [0.15, 0.2) is 5.60 Å². The van der Waals surface area contributed by atoms with Gasteiger partial charge in [0.1, 0.15) is 5.71 Å². The fraction of sp³-hybridized carbons (Fsp3) is 0.833. The lowest BCUT2D eigenvalue weighted by atomic mass is 9.80. The molecule has 1 unspecified atom stereocenters. The summed E-state index contributed by atoms with van der Waals surface area (Å²) >= 11 is 0. The molecule has 2 aliphatic heterocycles. The fourth-order valence-electron chi connectivity index (χ4n) is 3.83. The van der Waals surface area contributed by atoms with Crippen LogP contribution in [0.3, 0.4) is 0 Å². The molecule has 1 atom stereocenters. The van der Waals surface area contributed by atoms with Gasteiger partial charge in [-0.1, -0.05) is 12.1 Å². The zero-order valence-corrected chi connectivity index (χ0v) is 16.6. The van der Waals surface area contributed by atoms with E-state index in [4.69, 9.17) is 14.7 Å². The Bertz CT molecular complexity index is 663. The van der Waals surface area contributed by atoms with Gasteiger partial charge in [-0.2, -0.15) is 13.2 Å². The number of hydrogen-bond acceptors (Lipinski definition) is 5. The number of amides is 1. The van der Waals surface area contributed by atoms with Crippen LogP contribution in [0, 0.1) is 5.92 Å². The second-order valence-electron chi connectivity index (χ2n) is 8.02. The number of hydrogen-bond donors (Lipinski definition) is 2. The van der Waals surface area contributed by atoms with E-state index >= 15 is 0 Å². The minimum Gasteiger partial charge on any atom is -0.475 e. The van der Waals surface area contributed by atoms with E-state index in [1.165, 1.54) is 0 Å². The smallest absolute Gasteiger partial charge is 0.475 e. The molecule has 0 radical (unpaired) electrons. The highest BCUT2D eigenvalue weighted by molar-refractivity contribution is 6.39. The van der Waals surface area contributed by atoms with Crippen molar-refractivity contribution in [3.63, 3.8) is 0 Å². The molecule has 12 heteroatoms. The van der Waals surface area contributed by atoms with Gasteiger partial charge >= 0.3 is 12.1 Å². The Kier molecular flexibility index (Phi) is 7.64. The van der Waals surface area contributed by atoms with Gasteiger partial charge in [0, 0.05) is 38.9 Å². The third kappa shape index (κ3) is 6.78. The zero-order chi connectivity index (χ0) is 22.6. The Labute approximate surface area is 170 Å². The lowest BCUT2D eigenvalue weighted by Gasteiger charge is -2.43. The van der Waals surface area contributed by atoms with Gasteiger partial charge in [-0.25, -0.2) is 13.6 Å². The summed E-state index contributed by atoms with van der Waals surface area (Å²) in [6.45, 7) is 4.90. The summed E-state index contributed by atoms with van der Waals surface area (Å²) < 4.78 is 57.7. The van der Waals surface area contributed by atoms with E-state index in [1.54, 1.807) is 0 Å². The van der Waals surface area contributed by atoms with Gasteiger partial charge < -0.3 is 15.3 Å². The van der Waals surface area contributed by atoms with E-state index < -0.39 is 23.7 Å². The monoisotopic (exact) mass is 443 g/mol. The molecule has 1 aliphatic carbocycles. The fourth-order valence-corrected chi connectivity index (χ4v) is 3.83. The second-order valence-corrected chi connectivity index (χ2v) is 8.02. The van der Waals surface area contributed by atoms with Crippen molar-refractivity contribution in [3.05, 3.63) is 0 Å². The number of carbonyl (C=O) groups is 2. The highest BCUT2D eigenvalue weighted by Crippen LogP contribution is 2.43. The van der Waals surface area contributed by atoms with Crippen LogP contribution in [0.1, 0.15) is 45.4 Å². The maximum absolute atomic E-state index is 13.0. The summed E-state index contributed by atoms with van der Waals surface area (Å²) in [7, 11) is 0. The van der Waals surface area contributed by atoms with Crippen molar-refractivity contribution in [3.8, 4) is 0 Å². The number of aliphatic carboxylic acids is 1. The van der Waals surface area contributed by atoms with Gasteiger partial charge in [0.05, 0.1) is 0 Å². The number of halogens is 5. The molecule has 2 fully saturated rings. The summed E-state index contributed by atoms with van der Waals surface area (Å²) in [4.78, 5) is 28.7. The number of oxime groups is 1. The van der Waals surface area contributed by atoms with Crippen LogP contribution >= 0.6 is 0 Å². The number of alkyl halides is 5. The van der Waals surface area contributed by atoms with Crippen molar-refractivity contribution in [2.24, 2.45) is 11.1 Å². The van der Waals surface area contributed by atoms with Crippen molar-refractivity contribution in [2.45, 2.75) is 63.1 Å². The minimum atomic E-state index is -5.08. The molecule has 3 rings (SSSR count). The first kappa shape index (κ1) is 24.3. The van der Waals surface area contributed by atoms with E-state index in [-0.39, 0.29) is 24.7 Å². The number of likely N-dealkylation sites (tertiary alicyclic amines) is 1. The van der Waals surface area contributed by atoms with Gasteiger partial charge in [-0.15, -0.1) is 0 Å². The number of carboxylic acid groups (broad SMARTS) is 1. The van der Waals surface area contributed by atoms with Gasteiger partial charge in [0.2, 0.25) is 5.92 Å². The average molecular weight is 443 g/mol. The molecule has 30 heavy (non-hydrogen) atoms. The maximum Gasteiger partial charge on any atom is 0.490 e. The third-order valence-corrected chi connectivity index (χ3v) is 5.19. The molecule has 3 aliphatic rings. The number of carbonyl (C=O) groups excluding carboxylic acids is 1. The Morgan fingerprint density at radius 2 is 1.97 bits per heavy atom. The van der Waals surface area contributed by atoms with Crippen LogP contribution < -0.4 is 5.32 Å². The Hall–Kier alpha value is -1.98. The molecule has 2 heterocycles. The average Bonchev–Trinajstić information content (AvgIpc) is 3.01. The zero-order valence-electron chi connectivity index (χ0n) is 16.6. The van der Waals surface area contributed by atoms with Crippen LogP contribution in [-0.2, 0) is 14.4 Å². The first-order valence-electron chi connectivity index (χ1n) is 9.79. The van der Waals surface area contributed by atoms with Crippen LogP contribution in [0.15, 0.2) is 5.16 Å². The first-order chi connectivity index (χ1) is 13.9. The number of rotatable bonds is 5. The lowest BCUT2D eigenvalue weighted by molar-refractivity contribution is -0.192. The van der Waals surface area contributed by atoms with Crippen molar-refractivity contribution in [2.75, 3.05) is 26.2 Å². The standard InChI is InChI=1S/C16H25F2N3O2.C2HF3O2/c1-2-5-19-14(22)13-9-15(23-20-13)4-3-6-21(11-15)10-12-7-16(17,18)8-12;3-2(4,5)1(6)7/h12H,2-11H2,1H3,(H,19,22);(H,6,7). The summed E-state index contributed by atoms with van der Waals surface area (Å²) in [6, 6.07) is 0. The summed E-state index contributed by atoms with van der Waals surface area (Å²) in [5.74, 6) is -5.29. The molecule has 0 aromatic rings. The molecule has 1 saturated carbocycles. The quantitative estimate of drug-likeness (QED) is 0.638. The molecule has 2 N–H and O–H groups in total. The van der Waals surface area contributed by atoms with E-state index in [1.807, 2.05) is 6.92 Å². The molecular formula is C18H26F5N3O4. The number of piperidine rings is 1. The molecule has 7 nitrogen and oxygen atoms in total. The molecule has 0 bridgehead atoms. The summed E-state index contributed by atoms with van der Waals surface area (Å²) in [6.07, 6.45) is -1.89. The second kappa shape index (κ2) is 9.44. The van der Waals surface area contributed by atoms with Crippen LogP contribution in [0.25, 0.3) is 0 Å². The first-order valence-corrected chi connectivity index (χ1v) is 9.79. The Balaban J connectivity index is 0.000000396. The van der Waals surface area contributed by atoms with Gasteiger partial charge in [-0.3, -0.25) is 9.69 Å². The van der Waals surface area contributed by atoms with E-state index in [0.29, 0.717) is 31.8 Å². The third-order valence-electron chi connectivity index (χ3n) is 5.19. The number of nitrogens with zero attached hydrogens (tertiary/aromatic N) is 2. The van der Waals surface area contributed by atoms with Crippen LogP contribution in [0.4, 0.5) is 22.0 Å². The topological polar surface area (TPSA) is 91.2 Å². The van der Waals surface area contributed by atoms with Gasteiger partial charge in [0.25, 0.3) is 5.91 Å². The minimum absolute atomic E-state index is 0.00146.